The maximum absolute atomic E-state index is 11.4. The van der Waals surface area contributed by atoms with Crippen molar-refractivity contribution >= 4 is 6.03 Å². The Hall–Kier alpha value is -1.55. The summed E-state index contributed by atoms with van der Waals surface area (Å²) in [6.07, 6.45) is 1.10. The second-order valence-electron chi connectivity index (χ2n) is 4.76. The van der Waals surface area contributed by atoms with Crippen LogP contribution in [0.5, 0.6) is 0 Å². The van der Waals surface area contributed by atoms with E-state index in [1.54, 1.807) is 0 Å². The Morgan fingerprint density at radius 2 is 2.11 bits per heavy atom. The third-order valence-corrected chi connectivity index (χ3v) is 3.07. The summed E-state index contributed by atoms with van der Waals surface area (Å²) in [6, 6.07) is 10.3. The summed E-state index contributed by atoms with van der Waals surface area (Å²) in [6.45, 7) is 3.79. The van der Waals surface area contributed by atoms with Gasteiger partial charge < -0.3 is 15.4 Å². The molecule has 1 fully saturated rings. The number of benzene rings is 1. The Morgan fingerprint density at radius 1 is 1.39 bits per heavy atom. The fraction of sp³-hybridized carbons (Fsp3) is 0.500. The van der Waals surface area contributed by atoms with E-state index in [-0.39, 0.29) is 6.03 Å². The van der Waals surface area contributed by atoms with Crippen LogP contribution >= 0.6 is 0 Å². The van der Waals surface area contributed by atoms with Gasteiger partial charge in [0.1, 0.15) is 0 Å². The molecule has 2 N–H and O–H groups in total. The summed E-state index contributed by atoms with van der Waals surface area (Å²) in [5.74, 6) is 0.630. The van der Waals surface area contributed by atoms with Gasteiger partial charge >= 0.3 is 6.03 Å². The molecule has 1 aromatic carbocycles. The lowest BCUT2D eigenvalue weighted by Crippen LogP contribution is -2.38. The molecule has 1 aliphatic carbocycles. The van der Waals surface area contributed by atoms with Crippen LogP contribution in [-0.2, 0) is 11.3 Å². The van der Waals surface area contributed by atoms with E-state index in [1.165, 1.54) is 0 Å². The first-order valence-corrected chi connectivity index (χ1v) is 6.42. The van der Waals surface area contributed by atoms with Crippen molar-refractivity contribution in [3.63, 3.8) is 0 Å². The van der Waals surface area contributed by atoms with E-state index in [1.807, 2.05) is 30.3 Å². The van der Waals surface area contributed by atoms with Crippen LogP contribution in [0, 0.1) is 5.92 Å². The van der Waals surface area contributed by atoms with E-state index in [0.29, 0.717) is 31.7 Å². The molecule has 2 rings (SSSR count). The van der Waals surface area contributed by atoms with Crippen molar-refractivity contribution in [1.82, 2.24) is 10.6 Å². The standard InChI is InChI=1S/C14H20N2O2/c1-11-9-13(11)16-14(17)15-7-8-18-10-12-5-3-2-4-6-12/h2-6,11,13H,7-10H2,1H3,(H2,15,16,17)/t11-,13+/m0/s1. The third-order valence-electron chi connectivity index (χ3n) is 3.07. The zero-order valence-corrected chi connectivity index (χ0v) is 10.7. The van der Waals surface area contributed by atoms with Gasteiger partial charge in [-0.1, -0.05) is 37.3 Å². The SMILES string of the molecule is C[C@H]1C[C@H]1NC(=O)NCCOCc1ccccc1. The molecule has 0 heterocycles. The van der Waals surface area contributed by atoms with Gasteiger partial charge in [0.2, 0.25) is 0 Å². The highest BCUT2D eigenvalue weighted by Gasteiger charge is 2.33. The maximum atomic E-state index is 11.4. The largest absolute Gasteiger partial charge is 0.375 e. The van der Waals surface area contributed by atoms with Gasteiger partial charge in [0.15, 0.2) is 0 Å². The van der Waals surface area contributed by atoms with E-state index < -0.39 is 0 Å². The normalized spacial score (nSPS) is 21.4. The Kier molecular flexibility index (Phi) is 4.59. The van der Waals surface area contributed by atoms with Crippen LogP contribution < -0.4 is 10.6 Å². The number of rotatable bonds is 6. The van der Waals surface area contributed by atoms with Crippen LogP contribution in [-0.4, -0.2) is 25.2 Å². The topological polar surface area (TPSA) is 50.4 Å². The maximum Gasteiger partial charge on any atom is 0.315 e. The lowest BCUT2D eigenvalue weighted by molar-refractivity contribution is 0.123. The van der Waals surface area contributed by atoms with Crippen molar-refractivity contribution in [1.29, 1.82) is 0 Å². The number of hydrogen-bond acceptors (Lipinski definition) is 2. The Balaban J connectivity index is 1.49. The number of ether oxygens (including phenoxy) is 1. The van der Waals surface area contributed by atoms with Crippen LogP contribution in [0.1, 0.15) is 18.9 Å². The monoisotopic (exact) mass is 248 g/mol. The number of amides is 2. The molecule has 18 heavy (non-hydrogen) atoms. The van der Waals surface area contributed by atoms with Crippen molar-refractivity contribution in [3.05, 3.63) is 35.9 Å². The lowest BCUT2D eigenvalue weighted by atomic mass is 10.2. The Morgan fingerprint density at radius 3 is 2.78 bits per heavy atom. The predicted octanol–water partition coefficient (Wildman–Crippen LogP) is 1.91. The van der Waals surface area contributed by atoms with Gasteiger partial charge in [-0.2, -0.15) is 0 Å². The predicted molar refractivity (Wildman–Crippen MR) is 70.2 cm³/mol. The second kappa shape index (κ2) is 6.40. The van der Waals surface area contributed by atoms with E-state index in [0.717, 1.165) is 12.0 Å². The van der Waals surface area contributed by atoms with Gasteiger partial charge in [-0.25, -0.2) is 4.79 Å². The molecule has 1 aromatic rings. The zero-order chi connectivity index (χ0) is 12.8. The average Bonchev–Trinajstić information content (AvgIpc) is 3.05. The summed E-state index contributed by atoms with van der Waals surface area (Å²) in [7, 11) is 0. The molecule has 98 valence electrons. The van der Waals surface area contributed by atoms with Crippen molar-refractivity contribution in [2.75, 3.05) is 13.2 Å². The minimum atomic E-state index is -0.0901. The number of nitrogens with one attached hydrogen (secondary N) is 2. The minimum absolute atomic E-state index is 0.0901. The average molecular weight is 248 g/mol. The first-order chi connectivity index (χ1) is 8.75. The highest BCUT2D eigenvalue weighted by atomic mass is 16.5. The first kappa shape index (κ1) is 12.9. The van der Waals surface area contributed by atoms with Crippen molar-refractivity contribution in [2.24, 2.45) is 5.92 Å². The van der Waals surface area contributed by atoms with Gasteiger partial charge in [0.05, 0.1) is 13.2 Å². The quantitative estimate of drug-likeness (QED) is 0.756. The van der Waals surface area contributed by atoms with Crippen LogP contribution in [0.2, 0.25) is 0 Å². The molecule has 2 amide bonds. The fourth-order valence-corrected chi connectivity index (χ4v) is 1.74. The molecule has 0 aromatic heterocycles. The van der Waals surface area contributed by atoms with E-state index >= 15 is 0 Å². The molecule has 4 heteroatoms. The highest BCUT2D eigenvalue weighted by molar-refractivity contribution is 5.74. The molecular formula is C14H20N2O2. The van der Waals surface area contributed by atoms with E-state index in [2.05, 4.69) is 17.6 Å². The zero-order valence-electron chi connectivity index (χ0n) is 10.7. The molecule has 0 bridgehead atoms. The summed E-state index contributed by atoms with van der Waals surface area (Å²) in [5.41, 5.74) is 1.15. The van der Waals surface area contributed by atoms with Gasteiger partial charge in [-0.15, -0.1) is 0 Å². The van der Waals surface area contributed by atoms with Gasteiger partial charge in [0.25, 0.3) is 0 Å². The Labute approximate surface area is 108 Å². The molecule has 0 aliphatic heterocycles. The number of carbonyl (C=O) groups is 1. The van der Waals surface area contributed by atoms with Crippen molar-refractivity contribution in [2.45, 2.75) is 26.0 Å². The van der Waals surface area contributed by atoms with Crippen LogP contribution in [0.4, 0.5) is 4.79 Å². The fourth-order valence-electron chi connectivity index (χ4n) is 1.74. The molecule has 2 atom stereocenters. The molecule has 0 saturated heterocycles. The first-order valence-electron chi connectivity index (χ1n) is 6.42. The molecule has 1 aliphatic rings. The van der Waals surface area contributed by atoms with Gasteiger partial charge in [-0.3, -0.25) is 0 Å². The Bertz CT molecular complexity index is 381. The van der Waals surface area contributed by atoms with Crippen LogP contribution in [0.25, 0.3) is 0 Å². The smallest absolute Gasteiger partial charge is 0.315 e. The summed E-state index contributed by atoms with van der Waals surface area (Å²) in [4.78, 5) is 11.4. The molecule has 4 nitrogen and oxygen atoms in total. The van der Waals surface area contributed by atoms with Crippen molar-refractivity contribution < 1.29 is 9.53 Å². The highest BCUT2D eigenvalue weighted by Crippen LogP contribution is 2.28. The van der Waals surface area contributed by atoms with Crippen LogP contribution in [0.3, 0.4) is 0 Å². The van der Waals surface area contributed by atoms with E-state index in [9.17, 15) is 4.79 Å². The van der Waals surface area contributed by atoms with E-state index in [4.69, 9.17) is 4.74 Å². The lowest BCUT2D eigenvalue weighted by Gasteiger charge is -2.07. The second-order valence-corrected chi connectivity index (χ2v) is 4.76. The molecular weight excluding hydrogens is 228 g/mol. The molecule has 0 radical (unpaired) electrons. The molecule has 0 unspecified atom stereocenters. The van der Waals surface area contributed by atoms with Gasteiger partial charge in [0, 0.05) is 12.6 Å². The summed E-state index contributed by atoms with van der Waals surface area (Å²) >= 11 is 0. The molecule has 0 spiro atoms. The minimum Gasteiger partial charge on any atom is -0.375 e. The van der Waals surface area contributed by atoms with Crippen LogP contribution in [0.15, 0.2) is 30.3 Å². The number of carbonyl (C=O) groups excluding carboxylic acids is 1. The summed E-state index contributed by atoms with van der Waals surface area (Å²) < 4.78 is 5.47. The van der Waals surface area contributed by atoms with Crippen molar-refractivity contribution in [3.8, 4) is 0 Å². The summed E-state index contributed by atoms with van der Waals surface area (Å²) in [5, 5.41) is 5.69. The number of urea groups is 1. The number of hydrogen-bond donors (Lipinski definition) is 2. The molecule has 1 saturated carbocycles. The van der Waals surface area contributed by atoms with Gasteiger partial charge in [-0.05, 0) is 17.9 Å². The third kappa shape index (κ3) is 4.37.